The zero-order valence-corrected chi connectivity index (χ0v) is 19.1. The number of benzene rings is 1. The van der Waals surface area contributed by atoms with E-state index in [4.69, 9.17) is 9.73 Å². The summed E-state index contributed by atoms with van der Waals surface area (Å²) in [5.41, 5.74) is 1.13. The van der Waals surface area contributed by atoms with Crippen molar-refractivity contribution < 1.29 is 4.74 Å². The van der Waals surface area contributed by atoms with Gasteiger partial charge in [0.05, 0.1) is 17.2 Å². The van der Waals surface area contributed by atoms with Gasteiger partial charge < -0.3 is 15.0 Å². The summed E-state index contributed by atoms with van der Waals surface area (Å²) in [5, 5.41) is 4.47. The number of hydrogen-bond acceptors (Lipinski definition) is 4. The average Bonchev–Trinajstić information content (AvgIpc) is 2.92. The van der Waals surface area contributed by atoms with Crippen molar-refractivity contribution in [1.82, 2.24) is 15.2 Å². The third-order valence-electron chi connectivity index (χ3n) is 3.74. The lowest BCUT2D eigenvalue weighted by Gasteiger charge is -2.22. The number of ether oxygens (including phenoxy) is 1. The van der Waals surface area contributed by atoms with Crippen LogP contribution in [-0.4, -0.2) is 49.1 Å². The lowest BCUT2D eigenvalue weighted by molar-refractivity contribution is 0.281. The minimum Gasteiger partial charge on any atom is -0.492 e. The van der Waals surface area contributed by atoms with Crippen LogP contribution in [0.5, 0.6) is 5.75 Å². The first-order valence-corrected chi connectivity index (χ1v) is 9.52. The van der Waals surface area contributed by atoms with Crippen LogP contribution in [0.4, 0.5) is 0 Å². The number of aliphatic imine (C=N–C) groups is 1. The van der Waals surface area contributed by atoms with Crippen molar-refractivity contribution in [1.29, 1.82) is 0 Å². The Bertz CT molecular complexity index is 675. The van der Waals surface area contributed by atoms with Crippen LogP contribution in [0.15, 0.2) is 35.3 Å². The molecule has 1 aromatic heterocycles. The predicted octanol–water partition coefficient (Wildman–Crippen LogP) is 3.90. The fourth-order valence-corrected chi connectivity index (χ4v) is 3.39. The van der Waals surface area contributed by atoms with Crippen LogP contribution in [0, 0.1) is 13.8 Å². The Kier molecular flexibility index (Phi) is 10.6. The number of aromatic nitrogens is 1. The SMILES string of the molecule is CCNC(=NCCc1sc(C)nc1C)N(C)CCOc1ccccc1.I. The quantitative estimate of drug-likeness (QED) is 0.348. The van der Waals surface area contributed by atoms with Gasteiger partial charge in [-0.15, -0.1) is 35.3 Å². The lowest BCUT2D eigenvalue weighted by atomic mass is 10.3. The van der Waals surface area contributed by atoms with Gasteiger partial charge in [-0.3, -0.25) is 4.99 Å². The first kappa shape index (κ1) is 22.7. The number of likely N-dealkylation sites (N-methyl/N-ethyl adjacent to an activating group) is 1. The second-order valence-corrected chi connectivity index (χ2v) is 7.10. The molecule has 2 aromatic rings. The zero-order chi connectivity index (χ0) is 18.1. The zero-order valence-electron chi connectivity index (χ0n) is 16.0. The van der Waals surface area contributed by atoms with E-state index in [1.807, 2.05) is 37.4 Å². The van der Waals surface area contributed by atoms with Gasteiger partial charge >= 0.3 is 0 Å². The highest BCUT2D eigenvalue weighted by molar-refractivity contribution is 14.0. The molecule has 144 valence electrons. The van der Waals surface area contributed by atoms with Gasteiger partial charge in [0, 0.05) is 31.4 Å². The Labute approximate surface area is 177 Å². The number of nitrogens with zero attached hydrogens (tertiary/aromatic N) is 3. The maximum Gasteiger partial charge on any atom is 0.193 e. The number of aryl methyl sites for hydroxylation is 2. The Balaban J connectivity index is 0.00000338. The van der Waals surface area contributed by atoms with E-state index in [0.717, 1.165) is 48.5 Å². The topological polar surface area (TPSA) is 49.8 Å². The van der Waals surface area contributed by atoms with Crippen LogP contribution < -0.4 is 10.1 Å². The van der Waals surface area contributed by atoms with Crippen molar-refractivity contribution in [2.45, 2.75) is 27.2 Å². The molecular formula is C19H29IN4OS. The standard InChI is InChI=1S/C19H28N4OS.HI/c1-5-20-19(21-12-11-18-15(2)22-16(3)25-18)23(4)13-14-24-17-9-7-6-8-10-17;/h6-10H,5,11-14H2,1-4H3,(H,20,21);1H. The molecular weight excluding hydrogens is 459 g/mol. The molecule has 0 aliphatic rings. The van der Waals surface area contributed by atoms with Gasteiger partial charge in [0.15, 0.2) is 5.96 Å². The van der Waals surface area contributed by atoms with E-state index >= 15 is 0 Å². The molecule has 2 rings (SSSR count). The van der Waals surface area contributed by atoms with Crippen LogP contribution in [-0.2, 0) is 6.42 Å². The molecule has 0 aliphatic carbocycles. The number of halogens is 1. The van der Waals surface area contributed by atoms with E-state index in [9.17, 15) is 0 Å². The second-order valence-electron chi connectivity index (χ2n) is 5.81. The molecule has 0 amide bonds. The first-order chi connectivity index (χ1) is 12.1. The molecule has 0 aliphatic heterocycles. The maximum absolute atomic E-state index is 5.77. The molecule has 1 aromatic carbocycles. The smallest absolute Gasteiger partial charge is 0.193 e. The third kappa shape index (κ3) is 7.49. The molecule has 0 unspecified atom stereocenters. The summed E-state index contributed by atoms with van der Waals surface area (Å²) in [6.45, 7) is 9.21. The van der Waals surface area contributed by atoms with Crippen molar-refractivity contribution in [3.8, 4) is 5.75 Å². The van der Waals surface area contributed by atoms with Crippen molar-refractivity contribution in [2.75, 3.05) is 33.3 Å². The van der Waals surface area contributed by atoms with Gasteiger partial charge in [0.1, 0.15) is 12.4 Å². The highest BCUT2D eigenvalue weighted by atomic mass is 127. The van der Waals surface area contributed by atoms with E-state index in [-0.39, 0.29) is 24.0 Å². The Morgan fingerprint density at radius 3 is 2.62 bits per heavy atom. The van der Waals surface area contributed by atoms with Crippen LogP contribution in [0.2, 0.25) is 0 Å². The summed E-state index contributed by atoms with van der Waals surface area (Å²) in [7, 11) is 2.04. The van der Waals surface area contributed by atoms with Gasteiger partial charge in [-0.25, -0.2) is 4.98 Å². The highest BCUT2D eigenvalue weighted by Gasteiger charge is 2.07. The number of hydrogen-bond donors (Lipinski definition) is 1. The highest BCUT2D eigenvalue weighted by Crippen LogP contribution is 2.17. The monoisotopic (exact) mass is 488 g/mol. The predicted molar refractivity (Wildman–Crippen MR) is 121 cm³/mol. The summed E-state index contributed by atoms with van der Waals surface area (Å²) in [5.74, 6) is 1.81. The molecule has 0 spiro atoms. The van der Waals surface area contributed by atoms with Crippen LogP contribution in [0.1, 0.15) is 22.5 Å². The number of thiazole rings is 1. The van der Waals surface area contributed by atoms with E-state index in [1.165, 1.54) is 4.88 Å². The number of para-hydroxylation sites is 1. The van der Waals surface area contributed by atoms with Gasteiger partial charge in [-0.1, -0.05) is 18.2 Å². The van der Waals surface area contributed by atoms with Crippen molar-refractivity contribution >= 4 is 41.3 Å². The molecule has 1 N–H and O–H groups in total. The summed E-state index contributed by atoms with van der Waals surface area (Å²) in [6, 6.07) is 9.89. The number of nitrogens with one attached hydrogen (secondary N) is 1. The Morgan fingerprint density at radius 2 is 2.00 bits per heavy atom. The molecule has 26 heavy (non-hydrogen) atoms. The molecule has 0 bridgehead atoms. The second kappa shape index (κ2) is 12.1. The summed E-state index contributed by atoms with van der Waals surface area (Å²) < 4.78 is 5.77. The van der Waals surface area contributed by atoms with Crippen LogP contribution in [0.25, 0.3) is 0 Å². The van der Waals surface area contributed by atoms with E-state index < -0.39 is 0 Å². The normalized spacial score (nSPS) is 11.0. The fourth-order valence-electron chi connectivity index (χ4n) is 2.46. The van der Waals surface area contributed by atoms with Crippen molar-refractivity contribution in [3.05, 3.63) is 45.9 Å². The van der Waals surface area contributed by atoms with Crippen LogP contribution >= 0.6 is 35.3 Å². The number of rotatable bonds is 8. The average molecular weight is 488 g/mol. The number of guanidine groups is 1. The molecule has 0 saturated heterocycles. The van der Waals surface area contributed by atoms with Gasteiger partial charge in [-0.05, 0) is 32.9 Å². The fraction of sp³-hybridized carbons (Fsp3) is 0.474. The Morgan fingerprint density at radius 1 is 1.27 bits per heavy atom. The maximum atomic E-state index is 5.77. The molecule has 0 radical (unpaired) electrons. The van der Waals surface area contributed by atoms with Crippen molar-refractivity contribution in [2.24, 2.45) is 4.99 Å². The molecule has 0 atom stereocenters. The lowest BCUT2D eigenvalue weighted by Crippen LogP contribution is -2.41. The van der Waals surface area contributed by atoms with E-state index in [0.29, 0.717) is 6.61 Å². The molecule has 5 nitrogen and oxygen atoms in total. The van der Waals surface area contributed by atoms with E-state index in [2.05, 4.69) is 36.0 Å². The largest absolute Gasteiger partial charge is 0.492 e. The van der Waals surface area contributed by atoms with E-state index in [1.54, 1.807) is 11.3 Å². The molecule has 7 heteroatoms. The molecule has 0 fully saturated rings. The van der Waals surface area contributed by atoms with Crippen LogP contribution in [0.3, 0.4) is 0 Å². The van der Waals surface area contributed by atoms with Gasteiger partial charge in [0.2, 0.25) is 0 Å². The summed E-state index contributed by atoms with van der Waals surface area (Å²) >= 11 is 1.76. The van der Waals surface area contributed by atoms with Gasteiger partial charge in [0.25, 0.3) is 0 Å². The first-order valence-electron chi connectivity index (χ1n) is 8.70. The minimum absolute atomic E-state index is 0. The summed E-state index contributed by atoms with van der Waals surface area (Å²) in [4.78, 5) is 12.7. The third-order valence-corrected chi connectivity index (χ3v) is 4.87. The Hall–Kier alpha value is -1.35. The van der Waals surface area contributed by atoms with Crippen molar-refractivity contribution in [3.63, 3.8) is 0 Å². The molecule has 0 saturated carbocycles. The molecule has 1 heterocycles. The van der Waals surface area contributed by atoms with Gasteiger partial charge in [-0.2, -0.15) is 0 Å². The minimum atomic E-state index is 0. The summed E-state index contributed by atoms with van der Waals surface area (Å²) in [6.07, 6.45) is 0.931.